The third-order valence-electron chi connectivity index (χ3n) is 25.3. The first-order valence-corrected chi connectivity index (χ1v) is 42.4. The molecule has 24 nitrogen and oxygen atoms in total. The van der Waals surface area contributed by atoms with Gasteiger partial charge >= 0.3 is 0 Å². The maximum atomic E-state index is 14.5. The minimum atomic E-state index is -0.461. The second-order valence-electron chi connectivity index (χ2n) is 34.2. The molecule has 25 heteroatoms. The van der Waals surface area contributed by atoms with Crippen molar-refractivity contribution in [3.63, 3.8) is 0 Å². The largest absolute Gasteiger partial charge is 0.365 e. The Kier molecular flexibility index (Phi) is 23.5. The van der Waals surface area contributed by atoms with Gasteiger partial charge in [-0.2, -0.15) is 0 Å². The molecule has 16 heterocycles. The van der Waals surface area contributed by atoms with Crippen molar-refractivity contribution in [1.82, 2.24) is 79.4 Å². The van der Waals surface area contributed by atoms with E-state index in [1.54, 1.807) is 55.5 Å². The zero-order chi connectivity index (χ0) is 84.4. The van der Waals surface area contributed by atoms with Crippen LogP contribution in [0.25, 0.3) is 45.2 Å². The number of piperidine rings is 4. The molecule has 4 saturated heterocycles. The lowest BCUT2D eigenvalue weighted by Crippen LogP contribution is -2.48. The molecule has 4 aliphatic carbocycles. The zero-order valence-electron chi connectivity index (χ0n) is 70.2. The Morgan fingerprint density at radius 3 is 1.07 bits per heavy atom. The fraction of sp³-hybridized carbons (Fsp3) is 0.340. The van der Waals surface area contributed by atoms with Crippen LogP contribution in [0.15, 0.2) is 208 Å². The minimum Gasteiger partial charge on any atom is -0.365 e. The standard InChI is InChI=1S/C25H27N5O.C24H24FN5O.2C24H25N5O/c1-15-6-7-21(28-13-15)29-19-11-18-12-20(19)30(14-18)25(31)24-22(16(2)8-10-27-24)23-17(3)5-4-9-26-23;1-14-5-6-21(27-11-14)29-19-9-16-10-20(19)30(13-16)24(31)23-17(8-15(2)12-28-23)22-18(25)4-3-7-26-22;1-15-7-8-21(27-13-15)28-19-11-17-12-20(19)29(14-17)24(30)18-6-4-10-26-23(18)22-16(2)5-3-9-25-22;1-15-7-8-21(27-13-15)28-19-11-17-12-20(19)29(14-17)24(30)23-18(6-4-10-26-23)22-16(2)5-3-9-25-22/h4-10,13,18-20H,11-12,14H2,1-3H3,(H,28,29);3-8,11-12,16,19-20H,9-10,13H2,1-2H3,(H,27,29);2*3-10,13,17,19-20H,11-12,14H2,1-2H3,(H,27,28). The summed E-state index contributed by atoms with van der Waals surface area (Å²) in [7, 11) is 0. The molecular formula is C97H101FN20O4. The predicted octanol–water partition coefficient (Wildman–Crippen LogP) is 15.9. The molecule has 8 fully saturated rings. The maximum Gasteiger partial charge on any atom is 0.273 e. The third-order valence-corrected chi connectivity index (χ3v) is 25.3. The third kappa shape index (κ3) is 17.2. The van der Waals surface area contributed by atoms with Crippen molar-refractivity contribution in [3.8, 4) is 45.2 Å². The van der Waals surface area contributed by atoms with Crippen LogP contribution in [0.1, 0.15) is 143 Å². The Balaban J connectivity index is 0.000000116. The summed E-state index contributed by atoms with van der Waals surface area (Å²) in [6.45, 7) is 21.1. The van der Waals surface area contributed by atoms with E-state index in [1.165, 1.54) is 12.3 Å². The number of nitrogens with zero attached hydrogens (tertiary/aromatic N) is 16. The number of amides is 4. The van der Waals surface area contributed by atoms with Crippen molar-refractivity contribution in [2.75, 3.05) is 47.4 Å². The van der Waals surface area contributed by atoms with Crippen molar-refractivity contribution in [3.05, 3.63) is 286 Å². The first-order chi connectivity index (χ1) is 59.2. The van der Waals surface area contributed by atoms with E-state index < -0.39 is 5.82 Å². The van der Waals surface area contributed by atoms with Gasteiger partial charge in [0, 0.05) is 141 Å². The number of nitrogens with one attached hydrogen (secondary N) is 4. The Labute approximate surface area is 710 Å². The second-order valence-corrected chi connectivity index (χ2v) is 34.2. The summed E-state index contributed by atoms with van der Waals surface area (Å²) in [6, 6.07) is 43.4. The van der Waals surface area contributed by atoms with Gasteiger partial charge < -0.3 is 40.9 Å². The van der Waals surface area contributed by atoms with Crippen molar-refractivity contribution in [2.45, 2.75) is 162 Å². The topological polar surface area (TPSA) is 284 Å². The second kappa shape index (κ2) is 35.2. The molecule has 20 rings (SSSR count). The number of aryl methyl sites for hydroxylation is 9. The van der Waals surface area contributed by atoms with Crippen molar-refractivity contribution >= 4 is 46.9 Å². The highest BCUT2D eigenvalue weighted by Gasteiger charge is 2.52. The summed E-state index contributed by atoms with van der Waals surface area (Å²) in [5, 5.41) is 14.2. The Morgan fingerprint density at radius 1 is 0.303 bits per heavy atom. The van der Waals surface area contributed by atoms with Gasteiger partial charge in [0.05, 0.1) is 46.8 Å². The van der Waals surface area contributed by atoms with Crippen LogP contribution in [0.2, 0.25) is 0 Å². The molecule has 12 aromatic heterocycles. The molecule has 620 valence electrons. The van der Waals surface area contributed by atoms with E-state index in [1.807, 2.05) is 204 Å². The summed E-state index contributed by atoms with van der Waals surface area (Å²) in [5.74, 6) is 4.83. The van der Waals surface area contributed by atoms with Gasteiger partial charge in [0.15, 0.2) is 0 Å². The fourth-order valence-corrected chi connectivity index (χ4v) is 19.5. The van der Waals surface area contributed by atoms with E-state index in [0.717, 1.165) is 173 Å². The highest BCUT2D eigenvalue weighted by atomic mass is 19.1. The van der Waals surface area contributed by atoms with Gasteiger partial charge in [0.1, 0.15) is 57.6 Å². The number of halogens is 1. The molecule has 8 aliphatic rings. The molecule has 0 aromatic carbocycles. The first kappa shape index (κ1) is 81.2. The van der Waals surface area contributed by atoms with E-state index in [2.05, 4.69) is 99.3 Å². The molecule has 4 N–H and O–H groups in total. The monoisotopic (exact) mass is 1630 g/mol. The number of pyridine rings is 12. The maximum absolute atomic E-state index is 14.5. The summed E-state index contributed by atoms with van der Waals surface area (Å²) in [5.41, 5.74) is 16.7. The van der Waals surface area contributed by atoms with Crippen LogP contribution >= 0.6 is 0 Å². The number of rotatable bonds is 16. The number of anilines is 4. The summed E-state index contributed by atoms with van der Waals surface area (Å²) in [4.78, 5) is 116. The molecule has 4 saturated carbocycles. The first-order valence-electron chi connectivity index (χ1n) is 42.4. The van der Waals surface area contributed by atoms with Gasteiger partial charge in [-0.25, -0.2) is 24.3 Å². The van der Waals surface area contributed by atoms with Crippen LogP contribution in [0.5, 0.6) is 0 Å². The molecule has 12 unspecified atom stereocenters. The highest BCUT2D eigenvalue weighted by Crippen LogP contribution is 2.46. The van der Waals surface area contributed by atoms with Crippen LogP contribution < -0.4 is 21.3 Å². The molecule has 122 heavy (non-hydrogen) atoms. The molecule has 4 amide bonds. The average molecular weight is 1630 g/mol. The normalized spacial score (nSPS) is 22.2. The number of carbonyl (C=O) groups is 4. The summed E-state index contributed by atoms with van der Waals surface area (Å²) >= 11 is 0. The number of aromatic nitrogens is 12. The average Bonchev–Trinajstić information content (AvgIpc) is 1.58. The SMILES string of the molecule is Cc1ccc(NC2CC3CC2N(C(=O)c2cccnc2-c2ncccc2C)C3)nc1.Cc1ccc(NC2CC3CC2N(C(=O)c2ncc(C)cc2-c2ncccc2F)C3)nc1.Cc1ccc(NC2CC3CC2N(C(=O)c2nccc(C)c2-c2ncccc2C)C3)nc1.Cc1ccc(NC2CC3CC2N(C(=O)c2ncccc2-c2ncccc2C)C3)nc1. The quantitative estimate of drug-likeness (QED) is 0.0699. The summed E-state index contributed by atoms with van der Waals surface area (Å²) in [6.07, 6.45) is 29.3. The highest BCUT2D eigenvalue weighted by molar-refractivity contribution is 6.02. The lowest BCUT2D eigenvalue weighted by Gasteiger charge is -2.34. The molecule has 8 bridgehead atoms. The molecule has 12 atom stereocenters. The Hall–Kier alpha value is -13.2. The van der Waals surface area contributed by atoms with Gasteiger partial charge in [-0.15, -0.1) is 0 Å². The van der Waals surface area contributed by atoms with Crippen LogP contribution in [-0.4, -0.2) is 178 Å². The lowest BCUT2D eigenvalue weighted by molar-refractivity contribution is 0.0680. The van der Waals surface area contributed by atoms with E-state index in [0.29, 0.717) is 58.4 Å². The van der Waals surface area contributed by atoms with Crippen molar-refractivity contribution in [1.29, 1.82) is 0 Å². The number of fused-ring (bicyclic) bond motifs is 8. The molecule has 0 spiro atoms. The van der Waals surface area contributed by atoms with E-state index in [-0.39, 0.29) is 83.4 Å². The van der Waals surface area contributed by atoms with Crippen LogP contribution in [0, 0.1) is 91.8 Å². The summed E-state index contributed by atoms with van der Waals surface area (Å²) < 4.78 is 14.5. The van der Waals surface area contributed by atoms with E-state index >= 15 is 0 Å². The number of hydrogen-bond acceptors (Lipinski definition) is 20. The van der Waals surface area contributed by atoms with Crippen molar-refractivity contribution < 1.29 is 23.6 Å². The number of hydrogen-bond donors (Lipinski definition) is 4. The van der Waals surface area contributed by atoms with Gasteiger partial charge in [-0.3, -0.25) is 59.0 Å². The number of carbonyl (C=O) groups excluding carboxylic acids is 4. The van der Waals surface area contributed by atoms with Gasteiger partial charge in [0.25, 0.3) is 23.6 Å². The van der Waals surface area contributed by atoms with E-state index in [4.69, 9.17) is 0 Å². The number of likely N-dealkylation sites (tertiary alicyclic amines) is 4. The van der Waals surface area contributed by atoms with Gasteiger partial charge in [-0.05, 0) is 278 Å². The smallest absolute Gasteiger partial charge is 0.273 e. The Morgan fingerprint density at radius 2 is 0.656 bits per heavy atom. The van der Waals surface area contributed by atoms with Crippen LogP contribution in [0.3, 0.4) is 0 Å². The zero-order valence-corrected chi connectivity index (χ0v) is 70.2. The van der Waals surface area contributed by atoms with Crippen LogP contribution in [0.4, 0.5) is 27.7 Å². The molecule has 4 aliphatic heterocycles. The predicted molar refractivity (Wildman–Crippen MR) is 469 cm³/mol. The minimum absolute atomic E-state index is 0.000353. The lowest BCUT2D eigenvalue weighted by atomic mass is 9.98. The van der Waals surface area contributed by atoms with Crippen LogP contribution in [-0.2, 0) is 0 Å². The molecular weight excluding hydrogens is 1530 g/mol. The molecule has 0 radical (unpaired) electrons. The van der Waals surface area contributed by atoms with Crippen molar-refractivity contribution in [2.24, 2.45) is 23.7 Å². The Bertz CT molecular complexity index is 5670. The van der Waals surface area contributed by atoms with Gasteiger partial charge in [0.2, 0.25) is 0 Å². The van der Waals surface area contributed by atoms with E-state index in [9.17, 15) is 23.6 Å². The molecule has 12 aromatic rings. The van der Waals surface area contributed by atoms with Gasteiger partial charge in [-0.1, -0.05) is 42.5 Å². The fourth-order valence-electron chi connectivity index (χ4n) is 19.5.